The Morgan fingerprint density at radius 2 is 2.00 bits per heavy atom. The number of aliphatic hydroxyl groups excluding tert-OH is 1. The maximum Gasteiger partial charge on any atom is 0.295 e. The number of furan rings is 1. The molecule has 2 fully saturated rings. The normalized spacial score (nSPS) is 22.1. The van der Waals surface area contributed by atoms with Crippen molar-refractivity contribution in [3.63, 3.8) is 0 Å². The highest BCUT2D eigenvalue weighted by atomic mass is 16.5. The third kappa shape index (κ3) is 3.73. The Balaban J connectivity index is 1.71. The predicted molar refractivity (Wildman–Crippen MR) is 106 cm³/mol. The van der Waals surface area contributed by atoms with Gasteiger partial charge in [-0.3, -0.25) is 14.5 Å². The molecule has 0 aliphatic carbocycles. The lowest BCUT2D eigenvalue weighted by molar-refractivity contribution is -0.140. The van der Waals surface area contributed by atoms with Crippen LogP contribution in [0.25, 0.3) is 5.76 Å². The molecule has 1 amide bonds. The van der Waals surface area contributed by atoms with Crippen molar-refractivity contribution in [3.05, 3.63) is 53.0 Å². The molecule has 9 heteroatoms. The molecule has 4 rings (SSSR count). The Bertz CT molecular complexity index is 979. The first-order valence-electron chi connectivity index (χ1n) is 9.90. The summed E-state index contributed by atoms with van der Waals surface area (Å²) in [7, 11) is 0. The molecule has 9 nitrogen and oxygen atoms in total. The van der Waals surface area contributed by atoms with E-state index in [4.69, 9.17) is 9.15 Å². The number of ether oxygens (including phenoxy) is 1. The molecule has 0 unspecified atom stereocenters. The summed E-state index contributed by atoms with van der Waals surface area (Å²) in [5.41, 5.74) is 0.841. The van der Waals surface area contributed by atoms with E-state index in [0.717, 1.165) is 13.1 Å². The molecule has 0 spiro atoms. The van der Waals surface area contributed by atoms with E-state index in [-0.39, 0.29) is 11.3 Å². The first-order chi connectivity index (χ1) is 14.5. The van der Waals surface area contributed by atoms with Crippen LogP contribution in [0.15, 0.2) is 34.6 Å². The van der Waals surface area contributed by atoms with E-state index in [0.29, 0.717) is 49.1 Å². The highest BCUT2D eigenvalue weighted by Gasteiger charge is 2.47. The average molecular weight is 412 g/mol. The van der Waals surface area contributed by atoms with Crippen LogP contribution in [0.4, 0.5) is 0 Å². The van der Waals surface area contributed by atoms with Crippen LogP contribution in [-0.2, 0) is 14.3 Å². The van der Waals surface area contributed by atoms with Gasteiger partial charge in [-0.15, -0.1) is 0 Å². The number of carbonyl (C=O) groups excluding carboxylic acids is 2. The van der Waals surface area contributed by atoms with Crippen molar-refractivity contribution in [2.75, 3.05) is 39.4 Å². The molecule has 1 N–H and O–H groups in total. The summed E-state index contributed by atoms with van der Waals surface area (Å²) in [5, 5.41) is 11.0. The SMILES string of the molecule is Cc1ncc(C(O)=C2C(=O)C(=O)N(CCN3CCOCC3)[C@H]2c2ccco2)c(C)n1. The van der Waals surface area contributed by atoms with Gasteiger partial charge in [-0.1, -0.05) is 0 Å². The van der Waals surface area contributed by atoms with E-state index < -0.39 is 17.7 Å². The van der Waals surface area contributed by atoms with Crippen molar-refractivity contribution < 1.29 is 23.8 Å². The van der Waals surface area contributed by atoms with E-state index in [2.05, 4.69) is 14.9 Å². The minimum Gasteiger partial charge on any atom is -0.507 e. The van der Waals surface area contributed by atoms with Crippen LogP contribution in [0.1, 0.15) is 28.9 Å². The molecule has 158 valence electrons. The second kappa shape index (κ2) is 8.37. The standard InChI is InChI=1S/C21H24N4O5/c1-13-15(12-22-14(2)23-13)19(26)17-18(16-4-3-9-30-16)25(21(28)20(17)27)6-5-24-7-10-29-11-8-24/h3-4,9,12,18,26H,5-8,10-11H2,1-2H3/t18-/m0/s1. The van der Waals surface area contributed by atoms with Crippen LogP contribution in [0, 0.1) is 13.8 Å². The van der Waals surface area contributed by atoms with Gasteiger partial charge in [0, 0.05) is 32.4 Å². The fourth-order valence-electron chi connectivity index (χ4n) is 3.89. The van der Waals surface area contributed by atoms with Gasteiger partial charge < -0.3 is 19.2 Å². The zero-order valence-electron chi connectivity index (χ0n) is 17.0. The molecule has 1 atom stereocenters. The van der Waals surface area contributed by atoms with Crippen LogP contribution in [-0.4, -0.2) is 76.0 Å². The van der Waals surface area contributed by atoms with E-state index in [1.54, 1.807) is 26.0 Å². The van der Waals surface area contributed by atoms with Gasteiger partial charge in [0.2, 0.25) is 0 Å². The number of Topliss-reactive ketones (excluding diaryl/α,β-unsaturated/α-hetero) is 1. The van der Waals surface area contributed by atoms with Gasteiger partial charge in [0.25, 0.3) is 11.7 Å². The summed E-state index contributed by atoms with van der Waals surface area (Å²) in [6, 6.07) is 2.59. The summed E-state index contributed by atoms with van der Waals surface area (Å²) in [6.07, 6.45) is 2.95. The number of carbonyl (C=O) groups is 2. The third-order valence-corrected chi connectivity index (χ3v) is 5.47. The largest absolute Gasteiger partial charge is 0.507 e. The van der Waals surface area contributed by atoms with Crippen molar-refractivity contribution in [2.24, 2.45) is 0 Å². The van der Waals surface area contributed by atoms with Gasteiger partial charge in [0.15, 0.2) is 0 Å². The van der Waals surface area contributed by atoms with Crippen molar-refractivity contribution in [3.8, 4) is 0 Å². The Morgan fingerprint density at radius 1 is 1.23 bits per heavy atom. The Labute approximate surface area is 174 Å². The molecule has 2 aromatic heterocycles. The fraction of sp³-hybridized carbons (Fsp3) is 0.429. The maximum absolute atomic E-state index is 12.9. The lowest BCUT2D eigenvalue weighted by Gasteiger charge is -2.30. The Hall–Kier alpha value is -3.04. The lowest BCUT2D eigenvalue weighted by Crippen LogP contribution is -2.42. The minimum absolute atomic E-state index is 0.00696. The molecule has 2 aliphatic heterocycles. The lowest BCUT2D eigenvalue weighted by atomic mass is 9.99. The molecule has 2 aromatic rings. The molecule has 30 heavy (non-hydrogen) atoms. The van der Waals surface area contributed by atoms with Crippen LogP contribution in [0.5, 0.6) is 0 Å². The molecular formula is C21H24N4O5. The van der Waals surface area contributed by atoms with Crippen molar-refractivity contribution in [1.29, 1.82) is 0 Å². The zero-order valence-corrected chi connectivity index (χ0v) is 17.0. The topological polar surface area (TPSA) is 109 Å². The Kier molecular flexibility index (Phi) is 5.65. The number of amides is 1. The fourth-order valence-corrected chi connectivity index (χ4v) is 3.89. The van der Waals surface area contributed by atoms with Crippen molar-refractivity contribution in [2.45, 2.75) is 19.9 Å². The summed E-state index contributed by atoms with van der Waals surface area (Å²) < 4.78 is 10.9. The van der Waals surface area contributed by atoms with Gasteiger partial charge >= 0.3 is 0 Å². The first kappa shape index (κ1) is 20.2. The summed E-state index contributed by atoms with van der Waals surface area (Å²) in [4.78, 5) is 37.9. The highest BCUT2D eigenvalue weighted by Crippen LogP contribution is 2.39. The van der Waals surface area contributed by atoms with E-state index >= 15 is 0 Å². The van der Waals surface area contributed by atoms with Gasteiger partial charge in [-0.05, 0) is 26.0 Å². The van der Waals surface area contributed by atoms with Crippen LogP contribution >= 0.6 is 0 Å². The number of aromatic nitrogens is 2. The van der Waals surface area contributed by atoms with Crippen molar-refractivity contribution >= 4 is 17.4 Å². The van der Waals surface area contributed by atoms with E-state index in [1.807, 2.05) is 0 Å². The monoisotopic (exact) mass is 412 g/mol. The molecule has 4 heterocycles. The molecule has 2 saturated heterocycles. The molecule has 2 aliphatic rings. The Morgan fingerprint density at radius 3 is 2.67 bits per heavy atom. The predicted octanol–water partition coefficient (Wildman–Crippen LogP) is 1.44. The number of aryl methyl sites for hydroxylation is 2. The van der Waals surface area contributed by atoms with Crippen molar-refractivity contribution in [1.82, 2.24) is 19.8 Å². The first-order valence-corrected chi connectivity index (χ1v) is 9.90. The second-order valence-electron chi connectivity index (χ2n) is 7.38. The zero-order chi connectivity index (χ0) is 21.3. The number of hydrogen-bond acceptors (Lipinski definition) is 8. The van der Waals surface area contributed by atoms with Gasteiger partial charge in [-0.2, -0.15) is 0 Å². The molecule has 0 saturated carbocycles. The number of morpholine rings is 1. The highest BCUT2D eigenvalue weighted by molar-refractivity contribution is 6.46. The van der Waals surface area contributed by atoms with Gasteiger partial charge in [0.05, 0.1) is 36.3 Å². The number of ketones is 1. The van der Waals surface area contributed by atoms with Gasteiger partial charge in [-0.25, -0.2) is 9.97 Å². The van der Waals surface area contributed by atoms with Crippen LogP contribution < -0.4 is 0 Å². The average Bonchev–Trinajstić information content (AvgIpc) is 3.34. The van der Waals surface area contributed by atoms with E-state index in [1.165, 1.54) is 17.4 Å². The molecule has 0 bridgehead atoms. The molecule has 0 radical (unpaired) electrons. The second-order valence-corrected chi connectivity index (χ2v) is 7.38. The van der Waals surface area contributed by atoms with E-state index in [9.17, 15) is 14.7 Å². The maximum atomic E-state index is 12.9. The number of likely N-dealkylation sites (tertiary alicyclic amines) is 1. The quantitative estimate of drug-likeness (QED) is 0.446. The molecular weight excluding hydrogens is 388 g/mol. The minimum atomic E-state index is -0.804. The molecule has 0 aromatic carbocycles. The number of hydrogen-bond donors (Lipinski definition) is 1. The number of aliphatic hydroxyl groups is 1. The number of nitrogens with zero attached hydrogens (tertiary/aromatic N) is 4. The van der Waals surface area contributed by atoms with Crippen LogP contribution in [0.3, 0.4) is 0 Å². The third-order valence-electron chi connectivity index (χ3n) is 5.47. The smallest absolute Gasteiger partial charge is 0.295 e. The number of rotatable bonds is 5. The summed E-state index contributed by atoms with van der Waals surface area (Å²) in [5.74, 6) is -0.713. The van der Waals surface area contributed by atoms with Crippen LogP contribution in [0.2, 0.25) is 0 Å². The van der Waals surface area contributed by atoms with Gasteiger partial charge in [0.1, 0.15) is 23.4 Å². The summed E-state index contributed by atoms with van der Waals surface area (Å²) >= 11 is 0. The summed E-state index contributed by atoms with van der Waals surface area (Å²) in [6.45, 7) is 7.23.